The lowest BCUT2D eigenvalue weighted by molar-refractivity contribution is -0.607. The number of para-hydroxylation sites is 1. The Kier molecular flexibility index (Phi) is 4.72. The summed E-state index contributed by atoms with van der Waals surface area (Å²) in [5.74, 6) is 0.703. The molecule has 1 fully saturated rings. The minimum Gasteiger partial charge on any atom is -0.151 e. The minimum absolute atomic E-state index is 0.703. The van der Waals surface area contributed by atoms with Crippen molar-refractivity contribution in [1.82, 2.24) is 0 Å². The van der Waals surface area contributed by atoms with Gasteiger partial charge in [-0.25, -0.2) is 0 Å². The number of benzene rings is 2. The van der Waals surface area contributed by atoms with Gasteiger partial charge in [-0.05, 0) is 25.3 Å². The van der Waals surface area contributed by atoms with Crippen LogP contribution < -0.4 is 4.57 Å². The fraction of sp³-hybridized carbons (Fsp3) is 0.348. The molecule has 4 rings (SSSR count). The zero-order valence-electron chi connectivity index (χ0n) is 15.2. The van der Waals surface area contributed by atoms with Gasteiger partial charge in [-0.15, -0.1) is 0 Å². The zero-order valence-corrected chi connectivity index (χ0v) is 16.0. The molecule has 0 aliphatic heterocycles. The Morgan fingerprint density at radius 2 is 1.52 bits per heavy atom. The molecule has 0 atom stereocenters. The summed E-state index contributed by atoms with van der Waals surface area (Å²) in [6.07, 6.45) is 6.81. The van der Waals surface area contributed by atoms with Crippen LogP contribution in [0.25, 0.3) is 16.1 Å². The van der Waals surface area contributed by atoms with Gasteiger partial charge in [-0.1, -0.05) is 79.1 Å². The summed E-state index contributed by atoms with van der Waals surface area (Å²) in [4.78, 5) is 1.42. The monoisotopic (exact) mass is 348 g/mol. The van der Waals surface area contributed by atoms with Gasteiger partial charge in [-0.3, -0.25) is 0 Å². The van der Waals surface area contributed by atoms with Gasteiger partial charge in [0.2, 0.25) is 16.4 Å². The van der Waals surface area contributed by atoms with Gasteiger partial charge in [0.15, 0.2) is 0 Å². The maximum Gasteiger partial charge on any atom is 0.247 e. The van der Waals surface area contributed by atoms with Crippen molar-refractivity contribution in [2.75, 3.05) is 0 Å². The highest BCUT2D eigenvalue weighted by Crippen LogP contribution is 2.39. The smallest absolute Gasteiger partial charge is 0.151 e. The Morgan fingerprint density at radius 1 is 0.840 bits per heavy atom. The SMILES string of the molecule is Cc1ccccc1-[n+]1c(C2CCCCC2)sc(-c2ccccc2)c1C. The largest absolute Gasteiger partial charge is 0.247 e. The van der Waals surface area contributed by atoms with Crippen LogP contribution in [0.4, 0.5) is 0 Å². The van der Waals surface area contributed by atoms with E-state index in [4.69, 9.17) is 0 Å². The zero-order chi connectivity index (χ0) is 17.2. The molecule has 0 unspecified atom stereocenters. The van der Waals surface area contributed by atoms with Crippen molar-refractivity contribution in [3.05, 3.63) is 70.9 Å². The highest BCUT2D eigenvalue weighted by molar-refractivity contribution is 7.15. The second-order valence-corrected chi connectivity index (χ2v) is 8.21. The number of rotatable bonds is 3. The average Bonchev–Trinajstić information content (AvgIpc) is 3.01. The Bertz CT molecular complexity index is 857. The van der Waals surface area contributed by atoms with Crippen molar-refractivity contribution >= 4 is 11.3 Å². The fourth-order valence-electron chi connectivity index (χ4n) is 4.08. The molecule has 2 aromatic carbocycles. The molecule has 1 saturated carbocycles. The normalized spacial score (nSPS) is 15.4. The first-order chi connectivity index (χ1) is 12.3. The van der Waals surface area contributed by atoms with Crippen molar-refractivity contribution in [3.63, 3.8) is 0 Å². The Balaban J connectivity index is 1.91. The lowest BCUT2D eigenvalue weighted by Gasteiger charge is -2.18. The molecule has 1 aromatic heterocycles. The molecule has 0 bridgehead atoms. The van der Waals surface area contributed by atoms with E-state index in [1.165, 1.54) is 59.5 Å². The molecule has 25 heavy (non-hydrogen) atoms. The molecule has 1 aliphatic rings. The third-order valence-electron chi connectivity index (χ3n) is 5.44. The minimum atomic E-state index is 0.703. The summed E-state index contributed by atoms with van der Waals surface area (Å²) in [5, 5.41) is 1.55. The molecule has 0 saturated heterocycles. The summed E-state index contributed by atoms with van der Waals surface area (Å²) in [6, 6.07) is 19.7. The molecule has 0 spiro atoms. The first-order valence-electron chi connectivity index (χ1n) is 9.42. The molecule has 1 heterocycles. The first-order valence-corrected chi connectivity index (χ1v) is 10.2. The van der Waals surface area contributed by atoms with E-state index in [1.54, 1.807) is 5.01 Å². The lowest BCUT2D eigenvalue weighted by Crippen LogP contribution is -2.38. The predicted octanol–water partition coefficient (Wildman–Crippen LogP) is 6.36. The van der Waals surface area contributed by atoms with Gasteiger partial charge in [-0.2, -0.15) is 4.57 Å². The summed E-state index contributed by atoms with van der Waals surface area (Å²) in [6.45, 7) is 4.52. The molecule has 2 heteroatoms. The molecule has 0 amide bonds. The van der Waals surface area contributed by atoms with Crippen LogP contribution in [0.15, 0.2) is 54.6 Å². The molecular formula is C23H26NS+. The van der Waals surface area contributed by atoms with Crippen molar-refractivity contribution < 1.29 is 4.57 Å². The molecule has 1 aliphatic carbocycles. The predicted molar refractivity (Wildman–Crippen MR) is 107 cm³/mol. The molecule has 0 radical (unpaired) electrons. The molecular weight excluding hydrogens is 322 g/mol. The first kappa shape index (κ1) is 16.5. The molecule has 0 N–H and O–H groups in total. The van der Waals surface area contributed by atoms with E-state index in [0.717, 1.165) is 0 Å². The quantitative estimate of drug-likeness (QED) is 0.485. The standard InChI is InChI=1S/C23H26NS/c1-17-11-9-10-16-21(17)24-18(2)22(19-12-5-3-6-13-19)25-23(24)20-14-7-4-8-15-20/h3,5-6,9-13,16,20H,4,7-8,14-15H2,1-2H3/q+1. The van der Waals surface area contributed by atoms with Crippen LogP contribution in [0.1, 0.15) is 54.3 Å². The number of aryl methyl sites for hydroxylation is 1. The number of nitrogens with zero attached hydrogens (tertiary/aromatic N) is 1. The number of hydrogen-bond acceptors (Lipinski definition) is 1. The Labute approximate surface area is 155 Å². The Hall–Kier alpha value is -1.93. The summed E-state index contributed by atoms with van der Waals surface area (Å²) >= 11 is 2.01. The fourth-order valence-corrected chi connectivity index (χ4v) is 5.51. The molecule has 128 valence electrons. The lowest BCUT2D eigenvalue weighted by atomic mass is 9.89. The second kappa shape index (κ2) is 7.13. The number of aromatic nitrogens is 1. The van der Waals surface area contributed by atoms with Crippen LogP contribution in [0.3, 0.4) is 0 Å². The van der Waals surface area contributed by atoms with E-state index in [-0.39, 0.29) is 0 Å². The number of thiazole rings is 1. The maximum absolute atomic E-state index is 2.55. The van der Waals surface area contributed by atoms with E-state index >= 15 is 0 Å². The van der Waals surface area contributed by atoms with Crippen molar-refractivity contribution in [1.29, 1.82) is 0 Å². The Morgan fingerprint density at radius 3 is 2.24 bits per heavy atom. The summed E-state index contributed by atoms with van der Waals surface area (Å²) in [7, 11) is 0. The van der Waals surface area contributed by atoms with Crippen LogP contribution in [-0.2, 0) is 0 Å². The summed E-state index contributed by atoms with van der Waals surface area (Å²) < 4.78 is 2.55. The van der Waals surface area contributed by atoms with Gasteiger partial charge >= 0.3 is 0 Å². The van der Waals surface area contributed by atoms with Gasteiger partial charge in [0.25, 0.3) is 0 Å². The van der Waals surface area contributed by atoms with E-state index in [9.17, 15) is 0 Å². The second-order valence-electron chi connectivity index (χ2n) is 7.18. The van der Waals surface area contributed by atoms with Gasteiger partial charge in [0.1, 0.15) is 4.88 Å². The average molecular weight is 349 g/mol. The topological polar surface area (TPSA) is 3.88 Å². The van der Waals surface area contributed by atoms with Crippen LogP contribution in [0.2, 0.25) is 0 Å². The van der Waals surface area contributed by atoms with E-state index in [2.05, 4.69) is 73.0 Å². The highest BCUT2D eigenvalue weighted by Gasteiger charge is 2.33. The maximum atomic E-state index is 2.55. The third-order valence-corrected chi connectivity index (χ3v) is 6.90. The van der Waals surface area contributed by atoms with Crippen LogP contribution in [-0.4, -0.2) is 0 Å². The van der Waals surface area contributed by atoms with E-state index in [0.29, 0.717) is 5.92 Å². The third kappa shape index (κ3) is 3.16. The van der Waals surface area contributed by atoms with Crippen LogP contribution in [0, 0.1) is 13.8 Å². The van der Waals surface area contributed by atoms with Gasteiger partial charge < -0.3 is 0 Å². The van der Waals surface area contributed by atoms with E-state index < -0.39 is 0 Å². The summed E-state index contributed by atoms with van der Waals surface area (Å²) in [5.41, 5.74) is 5.42. The van der Waals surface area contributed by atoms with Crippen LogP contribution >= 0.6 is 11.3 Å². The van der Waals surface area contributed by atoms with E-state index in [1.807, 2.05) is 11.3 Å². The van der Waals surface area contributed by atoms with Crippen molar-refractivity contribution in [2.45, 2.75) is 51.9 Å². The van der Waals surface area contributed by atoms with Crippen molar-refractivity contribution in [2.24, 2.45) is 0 Å². The van der Waals surface area contributed by atoms with Gasteiger partial charge in [0, 0.05) is 18.6 Å². The molecule has 3 aromatic rings. The highest BCUT2D eigenvalue weighted by atomic mass is 32.1. The van der Waals surface area contributed by atoms with Crippen LogP contribution in [0.5, 0.6) is 0 Å². The van der Waals surface area contributed by atoms with Gasteiger partial charge in [0.05, 0.1) is 5.92 Å². The molecule has 1 nitrogen and oxygen atoms in total. The van der Waals surface area contributed by atoms with Crippen molar-refractivity contribution in [3.8, 4) is 16.1 Å². The number of hydrogen-bond donors (Lipinski definition) is 0.